The van der Waals surface area contributed by atoms with Crippen molar-refractivity contribution in [2.24, 2.45) is 0 Å². The Morgan fingerprint density at radius 2 is 2.00 bits per heavy atom. The number of nitrogens with zero attached hydrogens (tertiary/aromatic N) is 4. The van der Waals surface area contributed by atoms with Crippen LogP contribution in [0.15, 0.2) is 36.9 Å². The van der Waals surface area contributed by atoms with Crippen molar-refractivity contribution in [3.8, 4) is 11.9 Å². The number of hydrogen-bond donors (Lipinski definition) is 0. The maximum Gasteiger partial charge on any atom is 0.232 e. The second kappa shape index (κ2) is 6.30. The van der Waals surface area contributed by atoms with E-state index >= 15 is 0 Å². The van der Waals surface area contributed by atoms with Gasteiger partial charge in [-0.25, -0.2) is 9.97 Å². The highest BCUT2D eigenvalue weighted by atomic mass is 16.5. The molecule has 2 rings (SSSR count). The quantitative estimate of drug-likeness (QED) is 0.744. The smallest absolute Gasteiger partial charge is 0.232 e. The molecule has 0 bridgehead atoms. The van der Waals surface area contributed by atoms with E-state index in [1.54, 1.807) is 12.4 Å². The van der Waals surface area contributed by atoms with Gasteiger partial charge in [0, 0.05) is 12.4 Å². The summed E-state index contributed by atoms with van der Waals surface area (Å²) in [5.74, 6) is 0.448. The largest absolute Gasteiger partial charge is 0.477 e. The SMILES string of the molecule is N#Cc1cnc(OCCCc2ccncc2)cn1. The number of rotatable bonds is 5. The Labute approximate surface area is 105 Å². The van der Waals surface area contributed by atoms with Crippen LogP contribution in [0.4, 0.5) is 0 Å². The van der Waals surface area contributed by atoms with Crippen LogP contribution in [-0.2, 0) is 6.42 Å². The van der Waals surface area contributed by atoms with Gasteiger partial charge in [-0.05, 0) is 30.5 Å². The van der Waals surface area contributed by atoms with Crippen molar-refractivity contribution < 1.29 is 4.74 Å². The average molecular weight is 240 g/mol. The summed E-state index contributed by atoms with van der Waals surface area (Å²) in [5, 5.41) is 8.57. The molecule has 0 aliphatic heterocycles. The van der Waals surface area contributed by atoms with Gasteiger partial charge in [-0.15, -0.1) is 0 Å². The van der Waals surface area contributed by atoms with Gasteiger partial charge < -0.3 is 4.74 Å². The predicted molar refractivity (Wildman–Crippen MR) is 64.8 cm³/mol. The van der Waals surface area contributed by atoms with E-state index in [1.807, 2.05) is 18.2 Å². The first-order chi connectivity index (χ1) is 8.88. The summed E-state index contributed by atoms with van der Waals surface area (Å²) in [6.07, 6.45) is 8.26. The third kappa shape index (κ3) is 3.52. The molecule has 18 heavy (non-hydrogen) atoms. The summed E-state index contributed by atoms with van der Waals surface area (Å²) in [6, 6.07) is 5.88. The fourth-order valence-electron chi connectivity index (χ4n) is 1.45. The minimum absolute atomic E-state index is 0.291. The zero-order valence-electron chi connectivity index (χ0n) is 9.78. The van der Waals surface area contributed by atoms with E-state index in [-0.39, 0.29) is 0 Å². The standard InChI is InChI=1S/C13H12N4O/c14-8-12-9-17-13(10-16-12)18-7-1-2-11-3-5-15-6-4-11/h3-6,9-10H,1-2,7H2. The summed E-state index contributed by atoms with van der Waals surface area (Å²) >= 11 is 0. The number of nitriles is 1. The van der Waals surface area contributed by atoms with Crippen LogP contribution in [0.2, 0.25) is 0 Å². The van der Waals surface area contributed by atoms with Gasteiger partial charge in [0.2, 0.25) is 5.88 Å². The Morgan fingerprint density at radius 1 is 1.17 bits per heavy atom. The lowest BCUT2D eigenvalue weighted by Gasteiger charge is -2.04. The second-order valence-corrected chi connectivity index (χ2v) is 3.66. The van der Waals surface area contributed by atoms with Crippen LogP contribution in [0, 0.1) is 11.3 Å². The molecule has 2 aromatic rings. The van der Waals surface area contributed by atoms with Crippen molar-refractivity contribution in [3.63, 3.8) is 0 Å². The first kappa shape index (κ1) is 12.0. The summed E-state index contributed by atoms with van der Waals surface area (Å²) in [4.78, 5) is 11.8. The Hall–Kier alpha value is -2.48. The molecular weight excluding hydrogens is 228 g/mol. The van der Waals surface area contributed by atoms with Crippen LogP contribution in [0.3, 0.4) is 0 Å². The highest BCUT2D eigenvalue weighted by Gasteiger charge is 1.98. The van der Waals surface area contributed by atoms with Gasteiger partial charge in [0.05, 0.1) is 19.0 Å². The van der Waals surface area contributed by atoms with E-state index in [9.17, 15) is 0 Å². The average Bonchev–Trinajstić information content (AvgIpc) is 2.45. The van der Waals surface area contributed by atoms with Gasteiger partial charge >= 0.3 is 0 Å². The maximum absolute atomic E-state index is 8.57. The molecule has 2 aromatic heterocycles. The van der Waals surface area contributed by atoms with E-state index in [1.165, 1.54) is 18.0 Å². The lowest BCUT2D eigenvalue weighted by Crippen LogP contribution is -2.01. The third-order valence-corrected chi connectivity index (χ3v) is 2.35. The molecule has 2 heterocycles. The normalized spacial score (nSPS) is 9.72. The van der Waals surface area contributed by atoms with Crippen LogP contribution in [0.1, 0.15) is 17.7 Å². The number of hydrogen-bond acceptors (Lipinski definition) is 5. The van der Waals surface area contributed by atoms with Crippen molar-refractivity contribution >= 4 is 0 Å². The highest BCUT2D eigenvalue weighted by molar-refractivity contribution is 5.18. The van der Waals surface area contributed by atoms with Gasteiger partial charge in [-0.3, -0.25) is 4.98 Å². The van der Waals surface area contributed by atoms with E-state index in [0.717, 1.165) is 12.8 Å². The van der Waals surface area contributed by atoms with Gasteiger partial charge in [-0.2, -0.15) is 5.26 Å². The molecule has 5 nitrogen and oxygen atoms in total. The van der Waals surface area contributed by atoms with Crippen molar-refractivity contribution in [2.75, 3.05) is 6.61 Å². The molecule has 0 spiro atoms. The molecule has 0 atom stereocenters. The zero-order chi connectivity index (χ0) is 12.6. The molecule has 0 fully saturated rings. The molecule has 90 valence electrons. The molecule has 0 saturated carbocycles. The van der Waals surface area contributed by atoms with E-state index in [0.29, 0.717) is 18.2 Å². The maximum atomic E-state index is 8.57. The van der Waals surface area contributed by atoms with Crippen LogP contribution >= 0.6 is 0 Å². The Morgan fingerprint density at radius 3 is 2.67 bits per heavy atom. The van der Waals surface area contributed by atoms with E-state index in [4.69, 9.17) is 10.00 Å². The summed E-state index contributed by atoms with van der Waals surface area (Å²) < 4.78 is 5.43. The first-order valence-corrected chi connectivity index (χ1v) is 5.62. The molecule has 0 amide bonds. The number of ether oxygens (including phenoxy) is 1. The molecule has 0 aromatic carbocycles. The molecule has 0 N–H and O–H groups in total. The van der Waals surface area contributed by atoms with Gasteiger partial charge in [0.25, 0.3) is 0 Å². The molecule has 0 saturated heterocycles. The number of pyridine rings is 1. The van der Waals surface area contributed by atoms with Crippen molar-refractivity contribution in [3.05, 3.63) is 48.2 Å². The molecular formula is C13H12N4O. The monoisotopic (exact) mass is 240 g/mol. The number of aryl methyl sites for hydroxylation is 1. The van der Waals surface area contributed by atoms with Crippen molar-refractivity contribution in [1.29, 1.82) is 5.26 Å². The summed E-state index contributed by atoms with van der Waals surface area (Å²) in [6.45, 7) is 0.572. The minimum Gasteiger partial charge on any atom is -0.477 e. The Bertz CT molecular complexity index is 519. The van der Waals surface area contributed by atoms with Crippen LogP contribution in [0.5, 0.6) is 5.88 Å². The van der Waals surface area contributed by atoms with Gasteiger partial charge in [0.15, 0.2) is 5.69 Å². The van der Waals surface area contributed by atoms with Crippen LogP contribution < -0.4 is 4.74 Å². The second-order valence-electron chi connectivity index (χ2n) is 3.66. The molecule has 5 heteroatoms. The lowest BCUT2D eigenvalue weighted by atomic mass is 10.1. The van der Waals surface area contributed by atoms with E-state index < -0.39 is 0 Å². The summed E-state index contributed by atoms with van der Waals surface area (Å²) in [5.41, 5.74) is 1.53. The molecule has 0 radical (unpaired) electrons. The third-order valence-electron chi connectivity index (χ3n) is 2.35. The topological polar surface area (TPSA) is 71.7 Å². The Kier molecular flexibility index (Phi) is 4.20. The minimum atomic E-state index is 0.291. The van der Waals surface area contributed by atoms with Crippen LogP contribution in [-0.4, -0.2) is 21.6 Å². The molecule has 0 unspecified atom stereocenters. The first-order valence-electron chi connectivity index (χ1n) is 5.62. The fourth-order valence-corrected chi connectivity index (χ4v) is 1.45. The Balaban J connectivity index is 1.74. The van der Waals surface area contributed by atoms with Gasteiger partial charge in [-0.1, -0.05) is 0 Å². The van der Waals surface area contributed by atoms with Crippen LogP contribution in [0.25, 0.3) is 0 Å². The van der Waals surface area contributed by atoms with E-state index in [2.05, 4.69) is 15.0 Å². The zero-order valence-corrected chi connectivity index (χ0v) is 9.78. The van der Waals surface area contributed by atoms with Crippen molar-refractivity contribution in [2.45, 2.75) is 12.8 Å². The number of aromatic nitrogens is 3. The van der Waals surface area contributed by atoms with Crippen molar-refractivity contribution in [1.82, 2.24) is 15.0 Å². The highest BCUT2D eigenvalue weighted by Crippen LogP contribution is 2.05. The predicted octanol–water partition coefficient (Wildman–Crippen LogP) is 1.75. The molecule has 0 aliphatic carbocycles. The van der Waals surface area contributed by atoms with Gasteiger partial charge in [0.1, 0.15) is 6.07 Å². The lowest BCUT2D eigenvalue weighted by molar-refractivity contribution is 0.298. The molecule has 0 aliphatic rings. The summed E-state index contributed by atoms with van der Waals surface area (Å²) in [7, 11) is 0. The fraction of sp³-hybridized carbons (Fsp3) is 0.231.